The SMILES string of the molecule is C[C@H]1CN([C@@H](C)CO)C(=O)Cc2cc(NC(=O)Cc3ccccc3)ccc2O[C@H]1CN(C)CC1CC1. The highest BCUT2D eigenvalue weighted by Gasteiger charge is 2.32. The molecule has 2 aromatic carbocycles. The molecule has 0 unspecified atom stereocenters. The smallest absolute Gasteiger partial charge is 0.228 e. The lowest BCUT2D eigenvalue weighted by Gasteiger charge is -2.34. The zero-order valence-electron chi connectivity index (χ0n) is 21.7. The summed E-state index contributed by atoms with van der Waals surface area (Å²) < 4.78 is 6.57. The average molecular weight is 494 g/mol. The van der Waals surface area contributed by atoms with E-state index in [2.05, 4.69) is 24.2 Å². The molecule has 2 aromatic rings. The third-order valence-corrected chi connectivity index (χ3v) is 7.17. The number of nitrogens with one attached hydrogen (secondary N) is 1. The van der Waals surface area contributed by atoms with Crippen LogP contribution in [0.1, 0.15) is 37.8 Å². The van der Waals surface area contributed by atoms with Gasteiger partial charge in [0, 0.05) is 36.8 Å². The number of carbonyl (C=O) groups excluding carboxylic acids is 2. The van der Waals surface area contributed by atoms with Gasteiger partial charge >= 0.3 is 0 Å². The van der Waals surface area contributed by atoms with Crippen molar-refractivity contribution >= 4 is 17.5 Å². The molecule has 1 aliphatic carbocycles. The van der Waals surface area contributed by atoms with Crippen LogP contribution in [0.25, 0.3) is 0 Å². The van der Waals surface area contributed by atoms with E-state index < -0.39 is 0 Å². The number of aliphatic hydroxyl groups is 1. The monoisotopic (exact) mass is 493 g/mol. The summed E-state index contributed by atoms with van der Waals surface area (Å²) in [5, 5.41) is 12.8. The van der Waals surface area contributed by atoms with Gasteiger partial charge in [0.2, 0.25) is 11.8 Å². The highest BCUT2D eigenvalue weighted by Crippen LogP contribution is 2.31. The third kappa shape index (κ3) is 7.08. The lowest BCUT2D eigenvalue weighted by molar-refractivity contribution is -0.134. The second-order valence-corrected chi connectivity index (χ2v) is 10.6. The quantitative estimate of drug-likeness (QED) is 0.560. The van der Waals surface area contributed by atoms with Gasteiger partial charge in [-0.2, -0.15) is 0 Å². The highest BCUT2D eigenvalue weighted by molar-refractivity contribution is 5.92. The summed E-state index contributed by atoms with van der Waals surface area (Å²) in [5.74, 6) is 1.39. The number of carbonyl (C=O) groups is 2. The van der Waals surface area contributed by atoms with Crippen molar-refractivity contribution in [3.05, 3.63) is 59.7 Å². The van der Waals surface area contributed by atoms with Crippen LogP contribution in [0.4, 0.5) is 5.69 Å². The Morgan fingerprint density at radius 3 is 2.64 bits per heavy atom. The number of fused-ring (bicyclic) bond motifs is 1. The van der Waals surface area contributed by atoms with Crippen LogP contribution in [0.15, 0.2) is 48.5 Å². The van der Waals surface area contributed by atoms with E-state index in [1.54, 1.807) is 4.90 Å². The van der Waals surface area contributed by atoms with Gasteiger partial charge in [-0.15, -0.1) is 0 Å². The Morgan fingerprint density at radius 2 is 1.94 bits per heavy atom. The maximum Gasteiger partial charge on any atom is 0.228 e. The van der Waals surface area contributed by atoms with E-state index in [-0.39, 0.29) is 49.3 Å². The molecule has 2 aliphatic rings. The molecule has 4 rings (SSSR count). The summed E-state index contributed by atoms with van der Waals surface area (Å²) in [7, 11) is 2.13. The second kappa shape index (κ2) is 11.9. The number of likely N-dealkylation sites (N-methyl/N-ethyl adjacent to an activating group) is 1. The number of amides is 2. The molecule has 7 heteroatoms. The molecule has 1 aliphatic heterocycles. The number of rotatable bonds is 9. The summed E-state index contributed by atoms with van der Waals surface area (Å²) in [5.41, 5.74) is 2.33. The molecule has 3 atom stereocenters. The largest absolute Gasteiger partial charge is 0.488 e. The normalized spacial score (nSPS) is 21.1. The summed E-state index contributed by atoms with van der Waals surface area (Å²) >= 11 is 0. The van der Waals surface area contributed by atoms with Crippen LogP contribution < -0.4 is 10.1 Å². The number of aliphatic hydroxyl groups excluding tert-OH is 1. The van der Waals surface area contributed by atoms with Crippen LogP contribution in [0.3, 0.4) is 0 Å². The van der Waals surface area contributed by atoms with Crippen molar-refractivity contribution in [1.29, 1.82) is 0 Å². The Labute approximate surface area is 214 Å². The van der Waals surface area contributed by atoms with Crippen molar-refractivity contribution in [3.8, 4) is 5.75 Å². The molecule has 2 N–H and O–H groups in total. The molecular formula is C29H39N3O4. The van der Waals surface area contributed by atoms with Gasteiger partial charge in [-0.3, -0.25) is 9.59 Å². The lowest BCUT2D eigenvalue weighted by atomic mass is 10.0. The van der Waals surface area contributed by atoms with Gasteiger partial charge in [0.15, 0.2) is 0 Å². The van der Waals surface area contributed by atoms with Gasteiger partial charge in [-0.25, -0.2) is 0 Å². The van der Waals surface area contributed by atoms with Crippen molar-refractivity contribution in [1.82, 2.24) is 9.80 Å². The minimum Gasteiger partial charge on any atom is -0.488 e. The molecule has 0 aromatic heterocycles. The highest BCUT2D eigenvalue weighted by atomic mass is 16.5. The van der Waals surface area contributed by atoms with Crippen LogP contribution in [0.5, 0.6) is 5.75 Å². The fourth-order valence-corrected chi connectivity index (χ4v) is 4.83. The van der Waals surface area contributed by atoms with Crippen molar-refractivity contribution in [2.24, 2.45) is 11.8 Å². The predicted molar refractivity (Wildman–Crippen MR) is 141 cm³/mol. The van der Waals surface area contributed by atoms with Crippen molar-refractivity contribution < 1.29 is 19.4 Å². The topological polar surface area (TPSA) is 82.1 Å². The molecule has 36 heavy (non-hydrogen) atoms. The summed E-state index contributed by atoms with van der Waals surface area (Å²) in [6.07, 6.45) is 2.92. The van der Waals surface area contributed by atoms with Gasteiger partial charge in [-0.05, 0) is 56.5 Å². The van der Waals surface area contributed by atoms with Crippen LogP contribution in [-0.4, -0.2) is 72.2 Å². The molecule has 1 fully saturated rings. The molecule has 0 saturated heterocycles. The number of benzene rings is 2. The lowest BCUT2D eigenvalue weighted by Crippen LogP contribution is -2.47. The number of hydrogen-bond donors (Lipinski definition) is 2. The van der Waals surface area contributed by atoms with Crippen molar-refractivity contribution in [3.63, 3.8) is 0 Å². The van der Waals surface area contributed by atoms with E-state index in [9.17, 15) is 14.7 Å². The molecule has 0 bridgehead atoms. The molecule has 194 valence electrons. The Kier molecular flexibility index (Phi) is 8.64. The van der Waals surface area contributed by atoms with E-state index in [0.717, 1.165) is 30.1 Å². The summed E-state index contributed by atoms with van der Waals surface area (Å²) in [6.45, 7) is 6.25. The molecule has 0 spiro atoms. The van der Waals surface area contributed by atoms with Gasteiger partial charge < -0.3 is 25.0 Å². The second-order valence-electron chi connectivity index (χ2n) is 10.6. The number of nitrogens with zero attached hydrogens (tertiary/aromatic N) is 2. The van der Waals surface area contributed by atoms with Crippen LogP contribution in [0.2, 0.25) is 0 Å². The summed E-state index contributed by atoms with van der Waals surface area (Å²) in [6, 6.07) is 14.9. The van der Waals surface area contributed by atoms with E-state index in [4.69, 9.17) is 4.74 Å². The van der Waals surface area contributed by atoms with Gasteiger partial charge in [0.05, 0.1) is 25.5 Å². The van der Waals surface area contributed by atoms with E-state index in [1.807, 2.05) is 55.5 Å². The Hall–Kier alpha value is -2.90. The molecule has 7 nitrogen and oxygen atoms in total. The molecular weight excluding hydrogens is 454 g/mol. The fourth-order valence-electron chi connectivity index (χ4n) is 4.83. The van der Waals surface area contributed by atoms with E-state index in [0.29, 0.717) is 18.0 Å². The van der Waals surface area contributed by atoms with Crippen molar-refractivity contribution in [2.45, 2.75) is 51.7 Å². The first-order valence-electron chi connectivity index (χ1n) is 13.0. The van der Waals surface area contributed by atoms with Crippen LogP contribution in [-0.2, 0) is 22.4 Å². The minimum absolute atomic E-state index is 0.0482. The Balaban J connectivity index is 1.55. The predicted octanol–water partition coefficient (Wildman–Crippen LogP) is 3.36. The zero-order valence-corrected chi connectivity index (χ0v) is 21.7. The van der Waals surface area contributed by atoms with E-state index in [1.165, 1.54) is 12.8 Å². The fraction of sp³-hybridized carbons (Fsp3) is 0.517. The Morgan fingerprint density at radius 1 is 1.19 bits per heavy atom. The number of anilines is 1. The number of ether oxygens (including phenoxy) is 1. The summed E-state index contributed by atoms with van der Waals surface area (Å²) in [4.78, 5) is 30.1. The van der Waals surface area contributed by atoms with Crippen molar-refractivity contribution in [2.75, 3.05) is 38.6 Å². The molecule has 1 saturated carbocycles. The first kappa shape index (κ1) is 26.2. The van der Waals surface area contributed by atoms with Gasteiger partial charge in [-0.1, -0.05) is 37.3 Å². The van der Waals surface area contributed by atoms with Gasteiger partial charge in [0.25, 0.3) is 0 Å². The minimum atomic E-state index is -0.278. The standard InChI is InChI=1S/C29H39N3O4/c1-20-16-32(21(2)19-33)29(35)15-24-14-25(30-28(34)13-22-7-5-4-6-8-22)11-12-26(24)36-27(20)18-31(3)17-23-9-10-23/h4-8,11-12,14,20-21,23,27,33H,9-10,13,15-19H2,1-3H3,(H,30,34)/t20-,21-,27-/m0/s1. The maximum absolute atomic E-state index is 13.3. The van der Waals surface area contributed by atoms with Crippen LogP contribution in [0, 0.1) is 11.8 Å². The van der Waals surface area contributed by atoms with E-state index >= 15 is 0 Å². The molecule has 2 amide bonds. The van der Waals surface area contributed by atoms with Gasteiger partial charge in [0.1, 0.15) is 11.9 Å². The first-order valence-corrected chi connectivity index (χ1v) is 13.0. The molecule has 1 heterocycles. The zero-order chi connectivity index (χ0) is 25.7. The molecule has 0 radical (unpaired) electrons. The Bertz CT molecular complexity index is 1040. The first-order chi connectivity index (χ1) is 17.3. The maximum atomic E-state index is 13.3. The van der Waals surface area contributed by atoms with Crippen LogP contribution >= 0.6 is 0 Å². The average Bonchev–Trinajstić information content (AvgIpc) is 3.66. The third-order valence-electron chi connectivity index (χ3n) is 7.17. The number of hydrogen-bond acceptors (Lipinski definition) is 5.